The Bertz CT molecular complexity index is 288. The van der Waals surface area contributed by atoms with Gasteiger partial charge in [0.1, 0.15) is 0 Å². The van der Waals surface area contributed by atoms with E-state index in [2.05, 4.69) is 18.8 Å². The SMILES string of the molecule is Cc1cncc(C(O)CSC(C)C)c1. The molecule has 1 rings (SSSR count). The Hall–Kier alpha value is -0.540. The molecule has 0 bridgehead atoms. The quantitative estimate of drug-likeness (QED) is 0.831. The van der Waals surface area contributed by atoms with Crippen LogP contribution in [-0.4, -0.2) is 21.1 Å². The van der Waals surface area contributed by atoms with E-state index >= 15 is 0 Å². The van der Waals surface area contributed by atoms with Crippen LogP contribution < -0.4 is 0 Å². The molecule has 1 N–H and O–H groups in total. The number of aliphatic hydroxyl groups excluding tert-OH is 1. The fourth-order valence-electron chi connectivity index (χ4n) is 1.14. The summed E-state index contributed by atoms with van der Waals surface area (Å²) >= 11 is 1.76. The molecule has 3 heteroatoms. The van der Waals surface area contributed by atoms with E-state index < -0.39 is 6.10 Å². The fourth-order valence-corrected chi connectivity index (χ4v) is 1.90. The number of hydrogen-bond acceptors (Lipinski definition) is 3. The molecule has 0 saturated carbocycles. The maximum atomic E-state index is 9.83. The lowest BCUT2D eigenvalue weighted by atomic mass is 10.1. The zero-order valence-electron chi connectivity index (χ0n) is 8.90. The van der Waals surface area contributed by atoms with E-state index in [-0.39, 0.29) is 0 Å². The third kappa shape index (κ3) is 3.68. The first-order chi connectivity index (χ1) is 6.59. The molecule has 0 aliphatic rings. The monoisotopic (exact) mass is 211 g/mol. The molecule has 1 aromatic rings. The molecule has 0 aliphatic heterocycles. The largest absolute Gasteiger partial charge is 0.387 e. The van der Waals surface area contributed by atoms with Crippen molar-refractivity contribution in [3.8, 4) is 0 Å². The van der Waals surface area contributed by atoms with Crippen molar-refractivity contribution in [2.45, 2.75) is 32.1 Å². The Balaban J connectivity index is 2.56. The normalized spacial score (nSPS) is 13.2. The van der Waals surface area contributed by atoms with Crippen molar-refractivity contribution in [1.82, 2.24) is 4.98 Å². The lowest BCUT2D eigenvalue weighted by molar-refractivity contribution is 0.203. The van der Waals surface area contributed by atoms with Crippen LogP contribution in [0.2, 0.25) is 0 Å². The van der Waals surface area contributed by atoms with Gasteiger partial charge in [0.15, 0.2) is 0 Å². The van der Waals surface area contributed by atoms with E-state index in [0.29, 0.717) is 5.25 Å². The highest BCUT2D eigenvalue weighted by molar-refractivity contribution is 7.99. The minimum absolute atomic E-state index is 0.394. The van der Waals surface area contributed by atoms with Crippen LogP contribution in [0.5, 0.6) is 0 Å². The highest BCUT2D eigenvalue weighted by Crippen LogP contribution is 2.20. The van der Waals surface area contributed by atoms with E-state index in [1.807, 2.05) is 13.0 Å². The lowest BCUT2D eigenvalue weighted by Gasteiger charge is -2.12. The zero-order chi connectivity index (χ0) is 10.6. The molecular weight excluding hydrogens is 194 g/mol. The molecule has 2 nitrogen and oxygen atoms in total. The molecule has 0 spiro atoms. The Kier molecular flexibility index (Phi) is 4.42. The van der Waals surface area contributed by atoms with Crippen LogP contribution >= 0.6 is 11.8 Å². The van der Waals surface area contributed by atoms with Crippen molar-refractivity contribution < 1.29 is 5.11 Å². The number of thioether (sulfide) groups is 1. The van der Waals surface area contributed by atoms with Gasteiger partial charge in [0, 0.05) is 18.1 Å². The van der Waals surface area contributed by atoms with E-state index in [4.69, 9.17) is 0 Å². The minimum atomic E-state index is -0.394. The third-order valence-corrected chi connectivity index (χ3v) is 3.04. The number of nitrogens with zero attached hydrogens (tertiary/aromatic N) is 1. The summed E-state index contributed by atoms with van der Waals surface area (Å²) in [5, 5.41) is 10.4. The smallest absolute Gasteiger partial charge is 0.0895 e. The summed E-state index contributed by atoms with van der Waals surface area (Å²) in [6.45, 7) is 6.25. The minimum Gasteiger partial charge on any atom is -0.387 e. The first-order valence-electron chi connectivity index (χ1n) is 4.81. The summed E-state index contributed by atoms with van der Waals surface area (Å²) in [6, 6.07) is 1.98. The maximum absolute atomic E-state index is 9.83. The summed E-state index contributed by atoms with van der Waals surface area (Å²) in [7, 11) is 0. The van der Waals surface area contributed by atoms with Gasteiger partial charge in [0.25, 0.3) is 0 Å². The van der Waals surface area contributed by atoms with Gasteiger partial charge in [-0.25, -0.2) is 0 Å². The van der Waals surface area contributed by atoms with E-state index in [1.165, 1.54) is 0 Å². The van der Waals surface area contributed by atoms with Crippen LogP contribution in [0, 0.1) is 6.92 Å². The first kappa shape index (κ1) is 11.5. The van der Waals surface area contributed by atoms with Crippen LogP contribution in [0.3, 0.4) is 0 Å². The lowest BCUT2D eigenvalue weighted by Crippen LogP contribution is -2.03. The molecule has 1 atom stereocenters. The van der Waals surface area contributed by atoms with Crippen LogP contribution in [-0.2, 0) is 0 Å². The van der Waals surface area contributed by atoms with Gasteiger partial charge in [-0.1, -0.05) is 19.9 Å². The maximum Gasteiger partial charge on any atom is 0.0895 e. The highest BCUT2D eigenvalue weighted by atomic mass is 32.2. The van der Waals surface area contributed by atoms with Gasteiger partial charge in [-0.2, -0.15) is 11.8 Å². The van der Waals surface area contributed by atoms with Gasteiger partial charge in [0.05, 0.1) is 6.10 Å². The zero-order valence-corrected chi connectivity index (χ0v) is 9.71. The second-order valence-electron chi connectivity index (χ2n) is 3.69. The Morgan fingerprint density at radius 3 is 2.71 bits per heavy atom. The molecule has 1 unspecified atom stereocenters. The first-order valence-corrected chi connectivity index (χ1v) is 5.85. The standard InChI is InChI=1S/C11H17NOS/c1-8(2)14-7-11(13)10-4-9(3)5-12-6-10/h4-6,8,11,13H,7H2,1-3H3. The third-order valence-electron chi connectivity index (χ3n) is 1.87. The predicted molar refractivity (Wildman–Crippen MR) is 61.5 cm³/mol. The molecule has 0 radical (unpaired) electrons. The summed E-state index contributed by atoms with van der Waals surface area (Å²) in [4.78, 5) is 4.06. The number of aryl methyl sites for hydroxylation is 1. The average molecular weight is 211 g/mol. The van der Waals surface area contributed by atoms with Gasteiger partial charge in [-0.15, -0.1) is 0 Å². The summed E-state index contributed by atoms with van der Waals surface area (Å²) in [6.07, 6.45) is 3.14. The van der Waals surface area contributed by atoms with Crippen molar-refractivity contribution in [2.75, 3.05) is 5.75 Å². The Labute approximate surface area is 89.8 Å². The summed E-state index contributed by atoms with van der Waals surface area (Å²) < 4.78 is 0. The fraction of sp³-hybridized carbons (Fsp3) is 0.545. The molecule has 0 amide bonds. The van der Waals surface area contributed by atoms with Crippen LogP contribution in [0.4, 0.5) is 0 Å². The van der Waals surface area contributed by atoms with Crippen molar-refractivity contribution in [1.29, 1.82) is 0 Å². The summed E-state index contributed by atoms with van der Waals surface area (Å²) in [5.41, 5.74) is 2.01. The molecule has 78 valence electrons. The van der Waals surface area contributed by atoms with E-state index in [1.54, 1.807) is 24.2 Å². The molecule has 0 aromatic carbocycles. The topological polar surface area (TPSA) is 33.1 Å². The molecule has 1 aromatic heterocycles. The van der Waals surface area contributed by atoms with Gasteiger partial charge in [-0.3, -0.25) is 4.98 Å². The Morgan fingerprint density at radius 1 is 1.43 bits per heavy atom. The molecule has 0 aliphatic carbocycles. The van der Waals surface area contributed by atoms with Crippen molar-refractivity contribution in [3.05, 3.63) is 29.6 Å². The predicted octanol–water partition coefficient (Wildman–Crippen LogP) is 2.57. The highest BCUT2D eigenvalue weighted by Gasteiger charge is 2.08. The van der Waals surface area contributed by atoms with Gasteiger partial charge in [0.2, 0.25) is 0 Å². The summed E-state index contributed by atoms with van der Waals surface area (Å²) in [5.74, 6) is 0.739. The van der Waals surface area contributed by atoms with Crippen LogP contribution in [0.25, 0.3) is 0 Å². The van der Waals surface area contributed by atoms with Crippen molar-refractivity contribution in [3.63, 3.8) is 0 Å². The second-order valence-corrected chi connectivity index (χ2v) is 5.30. The molecule has 0 saturated heterocycles. The number of aromatic nitrogens is 1. The number of aliphatic hydroxyl groups is 1. The number of rotatable bonds is 4. The van der Waals surface area contributed by atoms with Crippen LogP contribution in [0.1, 0.15) is 31.1 Å². The second kappa shape index (κ2) is 5.37. The van der Waals surface area contributed by atoms with Gasteiger partial charge < -0.3 is 5.11 Å². The van der Waals surface area contributed by atoms with Gasteiger partial charge >= 0.3 is 0 Å². The molecule has 1 heterocycles. The Morgan fingerprint density at radius 2 is 2.14 bits per heavy atom. The van der Waals surface area contributed by atoms with E-state index in [0.717, 1.165) is 16.9 Å². The molecule has 14 heavy (non-hydrogen) atoms. The van der Waals surface area contributed by atoms with Crippen molar-refractivity contribution in [2.24, 2.45) is 0 Å². The number of hydrogen-bond donors (Lipinski definition) is 1. The van der Waals surface area contributed by atoms with Crippen molar-refractivity contribution >= 4 is 11.8 Å². The average Bonchev–Trinajstić information content (AvgIpc) is 2.14. The van der Waals surface area contributed by atoms with Crippen LogP contribution in [0.15, 0.2) is 18.5 Å². The molecule has 0 fully saturated rings. The van der Waals surface area contributed by atoms with Gasteiger partial charge in [-0.05, 0) is 23.3 Å². The van der Waals surface area contributed by atoms with E-state index in [9.17, 15) is 5.11 Å². The number of pyridine rings is 1. The molecular formula is C11H17NOS.